The van der Waals surface area contributed by atoms with Crippen molar-refractivity contribution in [3.63, 3.8) is 0 Å². The van der Waals surface area contributed by atoms with Crippen molar-refractivity contribution in [2.75, 3.05) is 27.3 Å². The lowest BCUT2D eigenvalue weighted by Crippen LogP contribution is -2.43. The van der Waals surface area contributed by atoms with Crippen LogP contribution >= 0.6 is 0 Å². The number of dihydropyridines is 1. The lowest BCUT2D eigenvalue weighted by Gasteiger charge is -2.41. The Hall–Kier alpha value is -2.76. The monoisotopic (exact) mass is 438 g/mol. The van der Waals surface area contributed by atoms with Gasteiger partial charge in [-0.3, -0.25) is 9.59 Å². The Labute approximate surface area is 190 Å². The summed E-state index contributed by atoms with van der Waals surface area (Å²) in [6.07, 6.45) is 4.40. The van der Waals surface area contributed by atoms with Gasteiger partial charge in [-0.05, 0) is 56.2 Å². The lowest BCUT2D eigenvalue weighted by atomic mass is 9.68. The molecular weight excluding hydrogens is 404 g/mol. The maximum Gasteiger partial charge on any atom is 0.252 e. The molecule has 1 atom stereocenters. The maximum atomic E-state index is 13.8. The van der Waals surface area contributed by atoms with Crippen LogP contribution in [-0.4, -0.2) is 43.9 Å². The van der Waals surface area contributed by atoms with Crippen LogP contribution in [0.1, 0.15) is 64.4 Å². The molecule has 1 N–H and O–H groups in total. The molecule has 2 aliphatic heterocycles. The second kappa shape index (κ2) is 8.64. The summed E-state index contributed by atoms with van der Waals surface area (Å²) < 4.78 is 11.2. The SMILES string of the molecule is COc1ccc(OC)c([C@@H]2C(C(=O)N3CCCCC3)=C(C)NC3=C2C(=O)CC(C)(C)C3)c1. The van der Waals surface area contributed by atoms with Gasteiger partial charge in [-0.1, -0.05) is 13.8 Å². The highest BCUT2D eigenvalue weighted by atomic mass is 16.5. The maximum absolute atomic E-state index is 13.8. The standard InChI is InChI=1S/C26H34N2O4/c1-16-22(25(30)28-11-7-6-8-12-28)23(18-13-17(31-4)9-10-21(18)32-5)24-19(27-16)14-26(2,3)15-20(24)29/h9-10,13,23,27H,6-8,11-12,14-15H2,1-5H3/t23-/m1/s1. The summed E-state index contributed by atoms with van der Waals surface area (Å²) in [7, 11) is 3.24. The van der Waals surface area contributed by atoms with Crippen molar-refractivity contribution in [1.29, 1.82) is 0 Å². The number of allylic oxidation sites excluding steroid dienone is 3. The Bertz CT molecular complexity index is 999. The highest BCUT2D eigenvalue weighted by molar-refractivity contribution is 6.05. The van der Waals surface area contributed by atoms with Gasteiger partial charge in [-0.2, -0.15) is 0 Å². The molecule has 1 aromatic carbocycles. The molecule has 2 heterocycles. The van der Waals surface area contributed by atoms with E-state index in [1.165, 1.54) is 0 Å². The number of hydrogen-bond donors (Lipinski definition) is 1. The molecule has 1 amide bonds. The van der Waals surface area contributed by atoms with Crippen LogP contribution in [0.15, 0.2) is 40.7 Å². The minimum atomic E-state index is -0.477. The second-order valence-electron chi connectivity index (χ2n) is 9.89. The molecule has 3 aliphatic rings. The van der Waals surface area contributed by atoms with Crippen molar-refractivity contribution in [2.24, 2.45) is 5.41 Å². The van der Waals surface area contributed by atoms with Crippen molar-refractivity contribution < 1.29 is 19.1 Å². The number of methoxy groups -OCH3 is 2. The van der Waals surface area contributed by atoms with Crippen molar-refractivity contribution in [2.45, 2.75) is 58.8 Å². The number of ketones is 1. The van der Waals surface area contributed by atoms with Gasteiger partial charge in [0, 0.05) is 47.6 Å². The van der Waals surface area contributed by atoms with Gasteiger partial charge in [0.15, 0.2) is 5.78 Å². The van der Waals surface area contributed by atoms with E-state index >= 15 is 0 Å². The first kappa shape index (κ1) is 22.4. The molecule has 0 bridgehead atoms. The van der Waals surface area contributed by atoms with E-state index in [0.29, 0.717) is 29.1 Å². The Kier molecular flexibility index (Phi) is 6.06. The van der Waals surface area contributed by atoms with Crippen molar-refractivity contribution in [3.05, 3.63) is 46.3 Å². The van der Waals surface area contributed by atoms with E-state index in [4.69, 9.17) is 9.47 Å². The molecule has 0 saturated carbocycles. The predicted molar refractivity (Wildman–Crippen MR) is 124 cm³/mol. The third-order valence-electron chi connectivity index (χ3n) is 6.86. The van der Waals surface area contributed by atoms with Crippen LogP contribution in [0, 0.1) is 5.41 Å². The largest absolute Gasteiger partial charge is 0.497 e. The van der Waals surface area contributed by atoms with Crippen molar-refractivity contribution in [3.8, 4) is 11.5 Å². The zero-order valence-corrected chi connectivity index (χ0v) is 19.8. The van der Waals surface area contributed by atoms with Crippen molar-refractivity contribution >= 4 is 11.7 Å². The van der Waals surface area contributed by atoms with E-state index in [0.717, 1.165) is 55.7 Å². The number of hydrogen-bond acceptors (Lipinski definition) is 5. The molecule has 6 nitrogen and oxygen atoms in total. The molecule has 1 fully saturated rings. The van der Waals surface area contributed by atoms with Gasteiger partial charge in [0.25, 0.3) is 5.91 Å². The Morgan fingerprint density at radius 1 is 1.09 bits per heavy atom. The molecule has 0 unspecified atom stereocenters. The first-order valence-electron chi connectivity index (χ1n) is 11.5. The molecular formula is C26H34N2O4. The molecule has 1 aliphatic carbocycles. The number of ether oxygens (including phenoxy) is 2. The zero-order valence-electron chi connectivity index (χ0n) is 19.8. The quantitative estimate of drug-likeness (QED) is 0.758. The van der Waals surface area contributed by atoms with Crippen molar-refractivity contribution in [1.82, 2.24) is 10.2 Å². The Morgan fingerprint density at radius 2 is 1.81 bits per heavy atom. The summed E-state index contributed by atoms with van der Waals surface area (Å²) >= 11 is 0. The zero-order chi connectivity index (χ0) is 23.0. The topological polar surface area (TPSA) is 67.9 Å². The molecule has 1 saturated heterocycles. The molecule has 1 aromatic rings. The van der Waals surface area contributed by atoms with Gasteiger partial charge in [-0.15, -0.1) is 0 Å². The first-order chi connectivity index (χ1) is 15.3. The number of nitrogens with one attached hydrogen (secondary N) is 1. The van der Waals surface area contributed by atoms with Gasteiger partial charge in [-0.25, -0.2) is 0 Å². The van der Waals surface area contributed by atoms with Gasteiger partial charge in [0.1, 0.15) is 11.5 Å². The summed E-state index contributed by atoms with van der Waals surface area (Å²) in [6, 6.07) is 5.60. The Balaban J connectivity index is 1.90. The number of nitrogens with zero attached hydrogens (tertiary/aromatic N) is 1. The van der Waals surface area contributed by atoms with E-state index in [9.17, 15) is 9.59 Å². The molecule has 6 heteroatoms. The van der Waals surface area contributed by atoms with E-state index in [-0.39, 0.29) is 17.1 Å². The number of amides is 1. The van der Waals surface area contributed by atoms with Gasteiger partial charge >= 0.3 is 0 Å². The molecule has 172 valence electrons. The predicted octanol–water partition coefficient (Wildman–Crippen LogP) is 4.32. The van der Waals surface area contributed by atoms with Gasteiger partial charge in [0.05, 0.1) is 20.1 Å². The van der Waals surface area contributed by atoms with Crippen LogP contribution in [0.2, 0.25) is 0 Å². The van der Waals surface area contributed by atoms with E-state index in [1.807, 2.05) is 30.0 Å². The summed E-state index contributed by atoms with van der Waals surface area (Å²) in [5.41, 5.74) is 3.76. The average Bonchev–Trinajstić information content (AvgIpc) is 2.77. The smallest absolute Gasteiger partial charge is 0.252 e. The highest BCUT2D eigenvalue weighted by Crippen LogP contribution is 2.49. The molecule has 0 spiro atoms. The number of benzene rings is 1. The number of likely N-dealkylation sites (tertiary alicyclic amines) is 1. The number of Topliss-reactive ketones (excluding diaryl/α,β-unsaturated/α-hetero) is 1. The summed E-state index contributed by atoms with van der Waals surface area (Å²) in [4.78, 5) is 29.3. The minimum Gasteiger partial charge on any atom is -0.497 e. The van der Waals surface area contributed by atoms with E-state index < -0.39 is 5.92 Å². The fourth-order valence-corrected chi connectivity index (χ4v) is 5.36. The molecule has 32 heavy (non-hydrogen) atoms. The van der Waals surface area contributed by atoms with Crippen LogP contribution < -0.4 is 14.8 Å². The van der Waals surface area contributed by atoms with Gasteiger partial charge in [0.2, 0.25) is 0 Å². The Morgan fingerprint density at radius 3 is 2.47 bits per heavy atom. The van der Waals surface area contributed by atoms with Crippen LogP contribution in [0.25, 0.3) is 0 Å². The van der Waals surface area contributed by atoms with E-state index in [2.05, 4.69) is 19.2 Å². The van der Waals surface area contributed by atoms with Crippen LogP contribution in [-0.2, 0) is 9.59 Å². The molecule has 4 rings (SSSR count). The van der Waals surface area contributed by atoms with Crippen LogP contribution in [0.5, 0.6) is 11.5 Å². The third kappa shape index (κ3) is 4.03. The van der Waals surface area contributed by atoms with Crippen LogP contribution in [0.4, 0.5) is 0 Å². The summed E-state index contributed by atoms with van der Waals surface area (Å²) in [5, 5.41) is 3.46. The fraction of sp³-hybridized carbons (Fsp3) is 0.538. The summed E-state index contributed by atoms with van der Waals surface area (Å²) in [6.45, 7) is 7.69. The number of carbonyl (C=O) groups is 2. The lowest BCUT2D eigenvalue weighted by molar-refractivity contribution is -0.128. The average molecular weight is 439 g/mol. The number of carbonyl (C=O) groups excluding carboxylic acids is 2. The van der Waals surface area contributed by atoms with Gasteiger partial charge < -0.3 is 19.7 Å². The van der Waals surface area contributed by atoms with E-state index in [1.54, 1.807) is 14.2 Å². The number of piperidine rings is 1. The normalized spacial score (nSPS) is 23.0. The molecule has 0 aromatic heterocycles. The highest BCUT2D eigenvalue weighted by Gasteiger charge is 2.44. The third-order valence-corrected chi connectivity index (χ3v) is 6.86. The minimum absolute atomic E-state index is 0.00811. The fourth-order valence-electron chi connectivity index (χ4n) is 5.36. The molecule has 0 radical (unpaired) electrons. The second-order valence-corrected chi connectivity index (χ2v) is 9.89. The summed E-state index contributed by atoms with van der Waals surface area (Å²) in [5.74, 6) is 0.949. The van der Waals surface area contributed by atoms with Crippen LogP contribution in [0.3, 0.4) is 0 Å². The first-order valence-corrected chi connectivity index (χ1v) is 11.5. The number of rotatable bonds is 4.